The van der Waals surface area contributed by atoms with E-state index in [-0.39, 0.29) is 6.10 Å². The topological polar surface area (TPSA) is 23.5 Å². The Labute approximate surface area is 95.5 Å². The quantitative estimate of drug-likeness (QED) is 0.853. The van der Waals surface area contributed by atoms with Gasteiger partial charge in [0.15, 0.2) is 0 Å². The van der Waals surface area contributed by atoms with E-state index in [1.165, 1.54) is 4.88 Å². The van der Waals surface area contributed by atoms with Gasteiger partial charge in [-0.15, -0.1) is 11.3 Å². The van der Waals surface area contributed by atoms with Gasteiger partial charge in [0.05, 0.1) is 6.10 Å². The molecule has 15 heavy (non-hydrogen) atoms. The van der Waals surface area contributed by atoms with Gasteiger partial charge in [-0.05, 0) is 30.2 Å². The molecule has 1 saturated heterocycles. The summed E-state index contributed by atoms with van der Waals surface area (Å²) in [4.78, 5) is 3.90. The third-order valence-electron chi connectivity index (χ3n) is 3.26. The Kier molecular flexibility index (Phi) is 3.78. The summed E-state index contributed by atoms with van der Waals surface area (Å²) in [6.07, 6.45) is 1.95. The molecule has 1 aromatic rings. The lowest BCUT2D eigenvalue weighted by atomic mass is 9.92. The number of nitrogens with zero attached hydrogens (tertiary/aromatic N) is 1. The summed E-state index contributed by atoms with van der Waals surface area (Å²) in [5, 5.41) is 11.9. The minimum absolute atomic E-state index is 0.0745. The molecule has 2 unspecified atom stereocenters. The van der Waals surface area contributed by atoms with Crippen LogP contribution >= 0.6 is 11.3 Å². The molecule has 0 spiro atoms. The first-order valence-electron chi connectivity index (χ1n) is 5.72. The summed E-state index contributed by atoms with van der Waals surface area (Å²) in [6.45, 7) is 5.31. The van der Waals surface area contributed by atoms with Crippen molar-refractivity contribution in [3.05, 3.63) is 22.4 Å². The van der Waals surface area contributed by atoms with Crippen LogP contribution in [0, 0.1) is 5.92 Å². The highest BCUT2D eigenvalue weighted by Crippen LogP contribution is 2.22. The predicted octanol–water partition coefficient (Wildman–Crippen LogP) is 2.34. The first kappa shape index (κ1) is 11.1. The number of aliphatic hydroxyl groups is 1. The van der Waals surface area contributed by atoms with Crippen LogP contribution in [0.4, 0.5) is 0 Å². The second-order valence-electron chi connectivity index (χ2n) is 4.34. The van der Waals surface area contributed by atoms with Crippen molar-refractivity contribution in [2.75, 3.05) is 13.1 Å². The van der Waals surface area contributed by atoms with E-state index in [4.69, 9.17) is 0 Å². The largest absolute Gasteiger partial charge is 0.393 e. The number of piperidine rings is 1. The van der Waals surface area contributed by atoms with Crippen LogP contribution in [0.1, 0.15) is 24.6 Å². The molecule has 1 N–H and O–H groups in total. The van der Waals surface area contributed by atoms with E-state index in [0.717, 1.165) is 32.5 Å². The smallest absolute Gasteiger partial charge is 0.0592 e. The number of rotatable bonds is 3. The van der Waals surface area contributed by atoms with Crippen LogP contribution < -0.4 is 0 Å². The summed E-state index contributed by atoms with van der Waals surface area (Å²) >= 11 is 1.82. The second kappa shape index (κ2) is 5.10. The molecular formula is C12H19NOS. The van der Waals surface area contributed by atoms with Crippen LogP contribution in [0.15, 0.2) is 17.5 Å². The molecule has 2 rings (SSSR count). The minimum atomic E-state index is -0.0745. The highest BCUT2D eigenvalue weighted by molar-refractivity contribution is 7.09. The SMILES string of the molecule is CCC1CN(Cc2cccs2)CCC1O. The van der Waals surface area contributed by atoms with Crippen molar-refractivity contribution < 1.29 is 5.11 Å². The van der Waals surface area contributed by atoms with E-state index in [1.807, 2.05) is 11.3 Å². The van der Waals surface area contributed by atoms with Crippen LogP contribution in [0.5, 0.6) is 0 Å². The summed E-state index contributed by atoms with van der Waals surface area (Å²) in [7, 11) is 0. The summed E-state index contributed by atoms with van der Waals surface area (Å²) in [6, 6.07) is 4.30. The van der Waals surface area contributed by atoms with E-state index in [9.17, 15) is 5.11 Å². The van der Waals surface area contributed by atoms with Crippen LogP contribution in [0.3, 0.4) is 0 Å². The zero-order valence-corrected chi connectivity index (χ0v) is 10.0. The average Bonchev–Trinajstić information content (AvgIpc) is 2.73. The molecule has 0 saturated carbocycles. The van der Waals surface area contributed by atoms with E-state index in [2.05, 4.69) is 29.3 Å². The average molecular weight is 225 g/mol. The van der Waals surface area contributed by atoms with E-state index < -0.39 is 0 Å². The molecule has 3 heteroatoms. The molecular weight excluding hydrogens is 206 g/mol. The van der Waals surface area contributed by atoms with Crippen LogP contribution in [-0.2, 0) is 6.54 Å². The van der Waals surface area contributed by atoms with E-state index in [0.29, 0.717) is 5.92 Å². The van der Waals surface area contributed by atoms with Crippen molar-refractivity contribution in [3.63, 3.8) is 0 Å². The highest BCUT2D eigenvalue weighted by atomic mass is 32.1. The lowest BCUT2D eigenvalue weighted by Crippen LogP contribution is -2.42. The van der Waals surface area contributed by atoms with Crippen molar-refractivity contribution in [2.24, 2.45) is 5.92 Å². The molecule has 2 atom stereocenters. The van der Waals surface area contributed by atoms with Gasteiger partial charge >= 0.3 is 0 Å². The van der Waals surface area contributed by atoms with Gasteiger partial charge in [-0.3, -0.25) is 4.90 Å². The van der Waals surface area contributed by atoms with Gasteiger partial charge in [-0.25, -0.2) is 0 Å². The van der Waals surface area contributed by atoms with E-state index in [1.54, 1.807) is 0 Å². The van der Waals surface area contributed by atoms with Crippen molar-refractivity contribution in [2.45, 2.75) is 32.4 Å². The molecule has 0 radical (unpaired) electrons. The maximum absolute atomic E-state index is 9.79. The van der Waals surface area contributed by atoms with Crippen molar-refractivity contribution in [1.82, 2.24) is 4.90 Å². The van der Waals surface area contributed by atoms with Gasteiger partial charge in [0.2, 0.25) is 0 Å². The van der Waals surface area contributed by atoms with E-state index >= 15 is 0 Å². The third kappa shape index (κ3) is 2.80. The fraction of sp³-hybridized carbons (Fsp3) is 0.667. The molecule has 0 aromatic carbocycles. The van der Waals surface area contributed by atoms with Gasteiger partial charge in [-0.1, -0.05) is 13.0 Å². The summed E-state index contributed by atoms with van der Waals surface area (Å²) < 4.78 is 0. The second-order valence-corrected chi connectivity index (χ2v) is 5.37. The fourth-order valence-electron chi connectivity index (χ4n) is 2.26. The maximum atomic E-state index is 9.79. The molecule has 1 aromatic heterocycles. The van der Waals surface area contributed by atoms with Crippen LogP contribution in [0.2, 0.25) is 0 Å². The van der Waals surface area contributed by atoms with Gasteiger partial charge in [0.1, 0.15) is 0 Å². The Morgan fingerprint density at radius 3 is 3.13 bits per heavy atom. The molecule has 0 amide bonds. The fourth-order valence-corrected chi connectivity index (χ4v) is 3.01. The van der Waals surface area contributed by atoms with Crippen molar-refractivity contribution >= 4 is 11.3 Å². The number of hydrogen-bond acceptors (Lipinski definition) is 3. The molecule has 2 nitrogen and oxygen atoms in total. The molecule has 1 aliphatic heterocycles. The zero-order valence-electron chi connectivity index (χ0n) is 9.22. The predicted molar refractivity (Wildman–Crippen MR) is 64.0 cm³/mol. The van der Waals surface area contributed by atoms with Gasteiger partial charge in [0, 0.05) is 24.5 Å². The molecule has 1 fully saturated rings. The number of hydrogen-bond donors (Lipinski definition) is 1. The Bertz CT molecular complexity index is 286. The molecule has 1 aliphatic rings. The van der Waals surface area contributed by atoms with Gasteiger partial charge in [-0.2, -0.15) is 0 Å². The molecule has 0 aliphatic carbocycles. The van der Waals surface area contributed by atoms with Crippen LogP contribution in [-0.4, -0.2) is 29.2 Å². The maximum Gasteiger partial charge on any atom is 0.0592 e. The monoisotopic (exact) mass is 225 g/mol. The zero-order chi connectivity index (χ0) is 10.7. The number of likely N-dealkylation sites (tertiary alicyclic amines) is 1. The Hall–Kier alpha value is -0.380. The normalized spacial score (nSPS) is 28.1. The Morgan fingerprint density at radius 2 is 2.47 bits per heavy atom. The lowest BCUT2D eigenvalue weighted by Gasteiger charge is -2.35. The number of thiophene rings is 1. The highest BCUT2D eigenvalue weighted by Gasteiger charge is 2.26. The molecule has 84 valence electrons. The van der Waals surface area contributed by atoms with Gasteiger partial charge < -0.3 is 5.11 Å². The minimum Gasteiger partial charge on any atom is -0.393 e. The summed E-state index contributed by atoms with van der Waals surface area (Å²) in [5.74, 6) is 0.471. The standard InChI is InChI=1S/C12H19NOS/c1-2-10-8-13(6-5-12(10)14)9-11-4-3-7-15-11/h3-4,7,10,12,14H,2,5-6,8-9H2,1H3. The Morgan fingerprint density at radius 1 is 1.60 bits per heavy atom. The Balaban J connectivity index is 1.89. The van der Waals surface area contributed by atoms with Gasteiger partial charge in [0.25, 0.3) is 0 Å². The van der Waals surface area contributed by atoms with Crippen LogP contribution in [0.25, 0.3) is 0 Å². The van der Waals surface area contributed by atoms with Crippen molar-refractivity contribution in [3.8, 4) is 0 Å². The number of aliphatic hydroxyl groups excluding tert-OH is 1. The molecule has 0 bridgehead atoms. The summed E-state index contributed by atoms with van der Waals surface area (Å²) in [5.41, 5.74) is 0. The third-order valence-corrected chi connectivity index (χ3v) is 4.12. The molecule has 2 heterocycles. The lowest BCUT2D eigenvalue weighted by molar-refractivity contribution is 0.0225. The van der Waals surface area contributed by atoms with Crippen molar-refractivity contribution in [1.29, 1.82) is 0 Å². The first-order valence-corrected chi connectivity index (χ1v) is 6.60. The first-order chi connectivity index (χ1) is 7.29.